The second-order valence-electron chi connectivity index (χ2n) is 3.65. The molecule has 0 aliphatic carbocycles. The molecule has 0 bridgehead atoms. The SMILES string of the molecule is CCOCCS(=O)(=O)Nc1cc(Br)cc(C(=O)O)c1. The molecule has 1 aromatic rings. The van der Waals surface area contributed by atoms with Gasteiger partial charge in [-0.15, -0.1) is 0 Å². The van der Waals surface area contributed by atoms with Gasteiger partial charge in [-0.3, -0.25) is 4.72 Å². The van der Waals surface area contributed by atoms with Crippen molar-refractivity contribution in [2.24, 2.45) is 0 Å². The molecule has 0 spiro atoms. The van der Waals surface area contributed by atoms with E-state index in [2.05, 4.69) is 20.7 Å². The number of rotatable bonds is 7. The fourth-order valence-corrected chi connectivity index (χ4v) is 2.73. The summed E-state index contributed by atoms with van der Waals surface area (Å²) in [6.45, 7) is 2.30. The maximum absolute atomic E-state index is 11.7. The van der Waals surface area contributed by atoms with Crippen molar-refractivity contribution in [1.29, 1.82) is 0 Å². The van der Waals surface area contributed by atoms with Gasteiger partial charge in [-0.05, 0) is 25.1 Å². The van der Waals surface area contributed by atoms with Crippen molar-refractivity contribution in [3.63, 3.8) is 0 Å². The third kappa shape index (κ3) is 5.58. The first kappa shape index (κ1) is 15.9. The molecule has 0 radical (unpaired) electrons. The fourth-order valence-electron chi connectivity index (χ4n) is 1.32. The van der Waals surface area contributed by atoms with Crippen LogP contribution in [0.3, 0.4) is 0 Å². The van der Waals surface area contributed by atoms with Gasteiger partial charge in [0.05, 0.1) is 23.6 Å². The number of carboxylic acid groups (broad SMARTS) is 1. The number of hydrogen-bond acceptors (Lipinski definition) is 4. The van der Waals surface area contributed by atoms with Crippen LogP contribution in [0.15, 0.2) is 22.7 Å². The van der Waals surface area contributed by atoms with Gasteiger partial charge in [0, 0.05) is 11.1 Å². The largest absolute Gasteiger partial charge is 0.478 e. The molecule has 0 fully saturated rings. The van der Waals surface area contributed by atoms with Gasteiger partial charge < -0.3 is 9.84 Å². The number of aromatic carboxylic acids is 1. The minimum Gasteiger partial charge on any atom is -0.478 e. The summed E-state index contributed by atoms with van der Waals surface area (Å²) in [5, 5.41) is 8.89. The van der Waals surface area contributed by atoms with E-state index in [4.69, 9.17) is 9.84 Å². The molecule has 0 amide bonds. The molecule has 106 valence electrons. The van der Waals surface area contributed by atoms with Gasteiger partial charge in [0.15, 0.2) is 0 Å². The normalized spacial score (nSPS) is 11.3. The second kappa shape index (κ2) is 6.88. The summed E-state index contributed by atoms with van der Waals surface area (Å²) in [6, 6.07) is 4.14. The number of hydrogen-bond donors (Lipinski definition) is 2. The molecule has 6 nitrogen and oxygen atoms in total. The van der Waals surface area contributed by atoms with Crippen molar-refractivity contribution in [3.8, 4) is 0 Å². The van der Waals surface area contributed by atoms with Crippen molar-refractivity contribution in [2.45, 2.75) is 6.92 Å². The molecule has 1 rings (SSSR count). The lowest BCUT2D eigenvalue weighted by atomic mass is 10.2. The zero-order valence-corrected chi connectivity index (χ0v) is 12.6. The van der Waals surface area contributed by atoms with Crippen LogP contribution in [-0.2, 0) is 14.8 Å². The zero-order chi connectivity index (χ0) is 14.5. The van der Waals surface area contributed by atoms with Crippen LogP contribution >= 0.6 is 15.9 Å². The van der Waals surface area contributed by atoms with Crippen LogP contribution in [0.1, 0.15) is 17.3 Å². The van der Waals surface area contributed by atoms with E-state index in [-0.39, 0.29) is 23.6 Å². The molecule has 19 heavy (non-hydrogen) atoms. The molecule has 0 saturated heterocycles. The third-order valence-corrected chi connectivity index (χ3v) is 3.83. The number of benzene rings is 1. The number of carbonyl (C=O) groups is 1. The summed E-state index contributed by atoms with van der Waals surface area (Å²) in [6.07, 6.45) is 0. The summed E-state index contributed by atoms with van der Waals surface area (Å²) in [5.74, 6) is -1.31. The summed E-state index contributed by atoms with van der Waals surface area (Å²) in [4.78, 5) is 10.9. The molecular weight excluding hydrogens is 338 g/mol. The van der Waals surface area contributed by atoms with Crippen LogP contribution in [0.5, 0.6) is 0 Å². The van der Waals surface area contributed by atoms with Crippen LogP contribution in [0.4, 0.5) is 5.69 Å². The van der Waals surface area contributed by atoms with Crippen molar-refractivity contribution in [2.75, 3.05) is 23.7 Å². The molecule has 2 N–H and O–H groups in total. The van der Waals surface area contributed by atoms with Crippen molar-refractivity contribution >= 4 is 37.6 Å². The van der Waals surface area contributed by atoms with Crippen LogP contribution in [0, 0.1) is 0 Å². The molecule has 0 aliphatic heterocycles. The minimum absolute atomic E-state index is 0.00289. The monoisotopic (exact) mass is 351 g/mol. The van der Waals surface area contributed by atoms with E-state index in [9.17, 15) is 13.2 Å². The molecule has 0 unspecified atom stereocenters. The minimum atomic E-state index is -3.55. The molecule has 0 atom stereocenters. The van der Waals surface area contributed by atoms with Gasteiger partial charge in [0.2, 0.25) is 10.0 Å². The lowest BCUT2D eigenvalue weighted by Crippen LogP contribution is -2.20. The molecule has 0 heterocycles. The highest BCUT2D eigenvalue weighted by Gasteiger charge is 2.13. The molecule has 8 heteroatoms. The van der Waals surface area contributed by atoms with Gasteiger partial charge in [-0.1, -0.05) is 15.9 Å². The van der Waals surface area contributed by atoms with Gasteiger partial charge in [-0.2, -0.15) is 0 Å². The highest BCUT2D eigenvalue weighted by Crippen LogP contribution is 2.20. The highest BCUT2D eigenvalue weighted by molar-refractivity contribution is 9.10. The van der Waals surface area contributed by atoms with Gasteiger partial charge in [-0.25, -0.2) is 13.2 Å². The number of ether oxygens (including phenoxy) is 1. The van der Waals surface area contributed by atoms with E-state index in [0.717, 1.165) is 0 Å². The summed E-state index contributed by atoms with van der Waals surface area (Å²) < 4.78 is 31.2. The number of halogens is 1. The average molecular weight is 352 g/mol. The standard InChI is InChI=1S/C11H14BrNO5S/c1-2-18-3-4-19(16,17)13-10-6-8(11(14)15)5-9(12)7-10/h5-7,13H,2-4H2,1H3,(H,14,15). The number of nitrogens with one attached hydrogen (secondary N) is 1. The predicted molar refractivity (Wildman–Crippen MR) is 75.0 cm³/mol. The predicted octanol–water partition coefficient (Wildman–Crippen LogP) is 1.93. The molecular formula is C11H14BrNO5S. The third-order valence-electron chi connectivity index (χ3n) is 2.12. The van der Waals surface area contributed by atoms with E-state index in [1.807, 2.05) is 0 Å². The van der Waals surface area contributed by atoms with Gasteiger partial charge in [0.25, 0.3) is 0 Å². The van der Waals surface area contributed by atoms with Crippen LogP contribution in [0.25, 0.3) is 0 Å². The first-order chi connectivity index (χ1) is 8.84. The summed E-state index contributed by atoms with van der Waals surface area (Å²) >= 11 is 3.13. The number of carboxylic acids is 1. The highest BCUT2D eigenvalue weighted by atomic mass is 79.9. The smallest absolute Gasteiger partial charge is 0.335 e. The number of anilines is 1. The quantitative estimate of drug-likeness (QED) is 0.732. The summed E-state index contributed by atoms with van der Waals surface area (Å²) in [7, 11) is -3.55. The maximum Gasteiger partial charge on any atom is 0.335 e. The lowest BCUT2D eigenvalue weighted by Gasteiger charge is -2.09. The van der Waals surface area contributed by atoms with Crippen molar-refractivity contribution < 1.29 is 23.1 Å². The van der Waals surface area contributed by atoms with Gasteiger partial charge >= 0.3 is 5.97 Å². The first-order valence-electron chi connectivity index (χ1n) is 5.46. The molecule has 0 aromatic heterocycles. The Bertz CT molecular complexity index is 558. The number of sulfonamides is 1. The molecule has 0 saturated carbocycles. The van der Waals surface area contributed by atoms with E-state index in [0.29, 0.717) is 11.1 Å². The van der Waals surface area contributed by atoms with Crippen molar-refractivity contribution in [3.05, 3.63) is 28.2 Å². The maximum atomic E-state index is 11.7. The fraction of sp³-hybridized carbons (Fsp3) is 0.364. The topological polar surface area (TPSA) is 92.7 Å². The Balaban J connectivity index is 2.84. The Hall–Kier alpha value is -1.12. The Morgan fingerprint density at radius 2 is 2.11 bits per heavy atom. The van der Waals surface area contributed by atoms with Crippen molar-refractivity contribution in [1.82, 2.24) is 0 Å². The van der Waals surface area contributed by atoms with E-state index >= 15 is 0 Å². The molecule has 0 aliphatic rings. The van der Waals surface area contributed by atoms with E-state index in [1.165, 1.54) is 18.2 Å². The average Bonchev–Trinajstić information content (AvgIpc) is 2.27. The Morgan fingerprint density at radius 3 is 2.68 bits per heavy atom. The van der Waals surface area contributed by atoms with Crippen LogP contribution in [-0.4, -0.2) is 38.5 Å². The zero-order valence-electron chi connectivity index (χ0n) is 10.2. The Morgan fingerprint density at radius 1 is 1.42 bits per heavy atom. The summed E-state index contributed by atoms with van der Waals surface area (Å²) in [5.41, 5.74) is 0.195. The van der Waals surface area contributed by atoms with Crippen LogP contribution < -0.4 is 4.72 Å². The van der Waals surface area contributed by atoms with E-state index < -0.39 is 16.0 Å². The lowest BCUT2D eigenvalue weighted by molar-refractivity contribution is 0.0697. The van der Waals surface area contributed by atoms with E-state index in [1.54, 1.807) is 6.92 Å². The van der Waals surface area contributed by atoms with Gasteiger partial charge in [0.1, 0.15) is 0 Å². The second-order valence-corrected chi connectivity index (χ2v) is 6.41. The first-order valence-corrected chi connectivity index (χ1v) is 7.90. The Kier molecular flexibility index (Phi) is 5.77. The Labute approximate surface area is 120 Å². The van der Waals surface area contributed by atoms with Crippen LogP contribution in [0.2, 0.25) is 0 Å². The molecule has 1 aromatic carbocycles.